The maximum absolute atomic E-state index is 11.6. The van der Waals surface area contributed by atoms with Crippen LogP contribution in [0, 0.1) is 0 Å². The number of benzene rings is 1. The van der Waals surface area contributed by atoms with E-state index >= 15 is 0 Å². The van der Waals surface area contributed by atoms with Crippen molar-refractivity contribution in [1.29, 1.82) is 0 Å². The lowest BCUT2D eigenvalue weighted by molar-refractivity contribution is -0.127. The van der Waals surface area contributed by atoms with E-state index in [1.807, 2.05) is 13.0 Å². The van der Waals surface area contributed by atoms with Crippen LogP contribution in [0.3, 0.4) is 0 Å². The van der Waals surface area contributed by atoms with Crippen molar-refractivity contribution in [1.82, 2.24) is 10.2 Å². The van der Waals surface area contributed by atoms with Crippen molar-refractivity contribution in [3.63, 3.8) is 0 Å². The predicted octanol–water partition coefficient (Wildman–Crippen LogP) is 1.04. The highest BCUT2D eigenvalue weighted by Gasteiger charge is 2.26. The number of ether oxygens (including phenoxy) is 2. The molecule has 2 rings (SSSR count). The Morgan fingerprint density at radius 3 is 2.95 bits per heavy atom. The molecule has 1 aliphatic rings. The van der Waals surface area contributed by atoms with Gasteiger partial charge in [0.25, 0.3) is 0 Å². The van der Waals surface area contributed by atoms with Crippen LogP contribution in [0.15, 0.2) is 30.3 Å². The summed E-state index contributed by atoms with van der Waals surface area (Å²) in [5, 5.41) is 2.92. The van der Waals surface area contributed by atoms with Gasteiger partial charge in [0.1, 0.15) is 6.61 Å². The van der Waals surface area contributed by atoms with Crippen molar-refractivity contribution in [3.8, 4) is 0 Å². The third-order valence-corrected chi connectivity index (χ3v) is 3.65. The molecule has 5 heteroatoms. The Bertz CT molecular complexity index is 438. The average Bonchev–Trinajstić information content (AvgIpc) is 2.49. The molecular weight excluding hydrogens is 268 g/mol. The summed E-state index contributed by atoms with van der Waals surface area (Å²) in [7, 11) is 1.52. The topological polar surface area (TPSA) is 50.8 Å². The standard InChI is InChI=1S/C16H24N2O3/c1-13(17-16(19)12-20-2)15-11-18(8-9-21-15)10-14-6-4-3-5-7-14/h3-7,13,15H,8-12H2,1-2H3,(H,17,19)/t13-,15+/m0/s1. The molecule has 1 fully saturated rings. The first-order chi connectivity index (χ1) is 10.2. The number of rotatable bonds is 6. The number of nitrogens with zero attached hydrogens (tertiary/aromatic N) is 1. The Morgan fingerprint density at radius 1 is 1.48 bits per heavy atom. The van der Waals surface area contributed by atoms with E-state index in [4.69, 9.17) is 9.47 Å². The van der Waals surface area contributed by atoms with Gasteiger partial charge in [-0.1, -0.05) is 30.3 Å². The molecule has 5 nitrogen and oxygen atoms in total. The van der Waals surface area contributed by atoms with Gasteiger partial charge < -0.3 is 14.8 Å². The van der Waals surface area contributed by atoms with E-state index in [0.29, 0.717) is 6.61 Å². The quantitative estimate of drug-likeness (QED) is 0.851. The molecule has 1 aromatic rings. The minimum absolute atomic E-state index is 0.0169. The summed E-state index contributed by atoms with van der Waals surface area (Å²) in [5.41, 5.74) is 1.30. The maximum Gasteiger partial charge on any atom is 0.246 e. The second-order valence-electron chi connectivity index (χ2n) is 5.42. The Hall–Kier alpha value is -1.43. The molecule has 1 aliphatic heterocycles. The molecule has 1 saturated heterocycles. The Balaban J connectivity index is 1.84. The maximum atomic E-state index is 11.6. The molecular formula is C16H24N2O3. The third-order valence-electron chi connectivity index (χ3n) is 3.65. The van der Waals surface area contributed by atoms with Crippen molar-refractivity contribution >= 4 is 5.91 Å². The van der Waals surface area contributed by atoms with Crippen molar-refractivity contribution in [2.45, 2.75) is 25.6 Å². The van der Waals surface area contributed by atoms with Crippen LogP contribution in [0.4, 0.5) is 0 Å². The minimum Gasteiger partial charge on any atom is -0.375 e. The smallest absolute Gasteiger partial charge is 0.246 e. The highest BCUT2D eigenvalue weighted by Crippen LogP contribution is 2.12. The Kier molecular flexibility index (Phi) is 6.17. The van der Waals surface area contributed by atoms with Gasteiger partial charge in [0.15, 0.2) is 0 Å². The zero-order chi connectivity index (χ0) is 15.1. The third kappa shape index (κ3) is 5.12. The molecule has 1 heterocycles. The van der Waals surface area contributed by atoms with Crippen LogP contribution in [-0.2, 0) is 20.8 Å². The van der Waals surface area contributed by atoms with E-state index in [1.54, 1.807) is 0 Å². The number of methoxy groups -OCH3 is 1. The van der Waals surface area contributed by atoms with E-state index < -0.39 is 0 Å². The average molecular weight is 292 g/mol. The number of morpholine rings is 1. The SMILES string of the molecule is COCC(=O)N[C@@H](C)[C@H]1CN(Cc2ccccc2)CCO1. The van der Waals surface area contributed by atoms with Crippen LogP contribution in [-0.4, -0.2) is 56.4 Å². The van der Waals surface area contributed by atoms with Crippen LogP contribution >= 0.6 is 0 Å². The summed E-state index contributed by atoms with van der Waals surface area (Å²) < 4.78 is 10.6. The van der Waals surface area contributed by atoms with Crippen LogP contribution in [0.2, 0.25) is 0 Å². The number of hydrogen-bond donors (Lipinski definition) is 1. The Labute approximate surface area is 126 Å². The molecule has 0 spiro atoms. The fourth-order valence-corrected chi connectivity index (χ4v) is 2.54. The molecule has 0 saturated carbocycles. The van der Waals surface area contributed by atoms with Gasteiger partial charge >= 0.3 is 0 Å². The zero-order valence-corrected chi connectivity index (χ0v) is 12.7. The summed E-state index contributed by atoms with van der Waals surface area (Å²) in [4.78, 5) is 13.9. The number of carbonyl (C=O) groups is 1. The molecule has 0 aromatic heterocycles. The van der Waals surface area contributed by atoms with E-state index in [0.717, 1.165) is 19.6 Å². The first-order valence-electron chi connectivity index (χ1n) is 7.35. The van der Waals surface area contributed by atoms with E-state index in [1.165, 1.54) is 12.7 Å². The molecule has 1 amide bonds. The minimum atomic E-state index is -0.103. The molecule has 2 atom stereocenters. The molecule has 0 aliphatic carbocycles. The van der Waals surface area contributed by atoms with Gasteiger partial charge in [0, 0.05) is 26.7 Å². The normalized spacial score (nSPS) is 21.0. The second kappa shape index (κ2) is 8.12. The first-order valence-corrected chi connectivity index (χ1v) is 7.35. The highest BCUT2D eigenvalue weighted by molar-refractivity contribution is 5.77. The lowest BCUT2D eigenvalue weighted by Crippen LogP contribution is -2.52. The largest absolute Gasteiger partial charge is 0.375 e. The van der Waals surface area contributed by atoms with Gasteiger partial charge in [0.2, 0.25) is 5.91 Å². The monoisotopic (exact) mass is 292 g/mol. The Morgan fingerprint density at radius 2 is 2.24 bits per heavy atom. The number of carbonyl (C=O) groups excluding carboxylic acids is 1. The fourth-order valence-electron chi connectivity index (χ4n) is 2.54. The molecule has 116 valence electrons. The summed E-state index contributed by atoms with van der Waals surface area (Å²) >= 11 is 0. The fraction of sp³-hybridized carbons (Fsp3) is 0.562. The van der Waals surface area contributed by atoms with Crippen LogP contribution in [0.1, 0.15) is 12.5 Å². The summed E-state index contributed by atoms with van der Waals surface area (Å²) in [6.07, 6.45) is 0.0169. The predicted molar refractivity (Wildman–Crippen MR) is 80.9 cm³/mol. The van der Waals surface area contributed by atoms with Crippen LogP contribution in [0.5, 0.6) is 0 Å². The van der Waals surface area contributed by atoms with E-state index in [2.05, 4.69) is 34.5 Å². The van der Waals surface area contributed by atoms with Crippen molar-refractivity contribution < 1.29 is 14.3 Å². The molecule has 0 bridgehead atoms. The summed E-state index contributed by atoms with van der Waals surface area (Å²) in [5.74, 6) is -0.103. The second-order valence-corrected chi connectivity index (χ2v) is 5.42. The summed E-state index contributed by atoms with van der Waals surface area (Å²) in [6.45, 7) is 5.42. The van der Waals surface area contributed by atoms with Crippen molar-refractivity contribution in [3.05, 3.63) is 35.9 Å². The molecule has 1 aromatic carbocycles. The molecule has 0 radical (unpaired) electrons. The highest BCUT2D eigenvalue weighted by atomic mass is 16.5. The van der Waals surface area contributed by atoms with Gasteiger partial charge in [-0.15, -0.1) is 0 Å². The van der Waals surface area contributed by atoms with Crippen molar-refractivity contribution in [2.24, 2.45) is 0 Å². The van der Waals surface area contributed by atoms with Crippen LogP contribution in [0.25, 0.3) is 0 Å². The van der Waals surface area contributed by atoms with Crippen LogP contribution < -0.4 is 5.32 Å². The molecule has 21 heavy (non-hydrogen) atoms. The number of nitrogens with one attached hydrogen (secondary N) is 1. The number of hydrogen-bond acceptors (Lipinski definition) is 4. The van der Waals surface area contributed by atoms with E-state index in [-0.39, 0.29) is 24.7 Å². The summed E-state index contributed by atoms with van der Waals surface area (Å²) in [6, 6.07) is 10.4. The van der Waals surface area contributed by atoms with Gasteiger partial charge in [-0.05, 0) is 12.5 Å². The van der Waals surface area contributed by atoms with Gasteiger partial charge in [-0.25, -0.2) is 0 Å². The van der Waals surface area contributed by atoms with Gasteiger partial charge in [0.05, 0.1) is 18.8 Å². The van der Waals surface area contributed by atoms with Crippen molar-refractivity contribution in [2.75, 3.05) is 33.4 Å². The van der Waals surface area contributed by atoms with E-state index in [9.17, 15) is 4.79 Å². The lowest BCUT2D eigenvalue weighted by atomic mass is 10.1. The molecule has 1 N–H and O–H groups in total. The first kappa shape index (κ1) is 15.9. The zero-order valence-electron chi connectivity index (χ0n) is 12.7. The van der Waals surface area contributed by atoms with Gasteiger partial charge in [-0.3, -0.25) is 9.69 Å². The van der Waals surface area contributed by atoms with Gasteiger partial charge in [-0.2, -0.15) is 0 Å². The number of amides is 1. The lowest BCUT2D eigenvalue weighted by Gasteiger charge is -2.36. The molecule has 0 unspecified atom stereocenters.